The molecule has 5 heteroatoms. The number of carbonyl (C=O) groups excluding carboxylic acids is 1. The summed E-state index contributed by atoms with van der Waals surface area (Å²) in [6.45, 7) is 4.25. The Morgan fingerprint density at radius 3 is 2.80 bits per heavy atom. The van der Waals surface area contributed by atoms with Gasteiger partial charge >= 0.3 is 0 Å². The SMILES string of the molecule is Cc1noc(C)c1CC(=O)N(Cc1ccco1)C1CC1. The molecule has 2 aromatic heterocycles. The molecule has 106 valence electrons. The van der Waals surface area contributed by atoms with Crippen LogP contribution in [0.2, 0.25) is 0 Å². The predicted molar refractivity (Wildman–Crippen MR) is 72.0 cm³/mol. The summed E-state index contributed by atoms with van der Waals surface area (Å²) >= 11 is 0. The summed E-state index contributed by atoms with van der Waals surface area (Å²) in [5.41, 5.74) is 1.70. The molecule has 1 aliphatic carbocycles. The van der Waals surface area contributed by atoms with Crippen LogP contribution in [0.1, 0.15) is 35.6 Å². The van der Waals surface area contributed by atoms with Crippen LogP contribution in [0.25, 0.3) is 0 Å². The minimum Gasteiger partial charge on any atom is -0.467 e. The fourth-order valence-corrected chi connectivity index (χ4v) is 2.38. The summed E-state index contributed by atoms with van der Waals surface area (Å²) < 4.78 is 10.5. The average molecular weight is 274 g/mol. The number of nitrogens with zero attached hydrogens (tertiary/aromatic N) is 2. The van der Waals surface area contributed by atoms with Crippen molar-refractivity contribution in [3.05, 3.63) is 41.2 Å². The number of furan rings is 1. The lowest BCUT2D eigenvalue weighted by Crippen LogP contribution is -2.33. The number of hydrogen-bond acceptors (Lipinski definition) is 4. The smallest absolute Gasteiger partial charge is 0.227 e. The van der Waals surface area contributed by atoms with Crippen molar-refractivity contribution in [1.82, 2.24) is 10.1 Å². The molecular weight excluding hydrogens is 256 g/mol. The van der Waals surface area contributed by atoms with Crippen molar-refractivity contribution < 1.29 is 13.7 Å². The van der Waals surface area contributed by atoms with E-state index >= 15 is 0 Å². The fourth-order valence-electron chi connectivity index (χ4n) is 2.38. The van der Waals surface area contributed by atoms with E-state index in [1.54, 1.807) is 6.26 Å². The van der Waals surface area contributed by atoms with Crippen molar-refractivity contribution in [3.8, 4) is 0 Å². The van der Waals surface area contributed by atoms with Crippen LogP contribution in [0.15, 0.2) is 27.3 Å². The van der Waals surface area contributed by atoms with Crippen LogP contribution in [-0.2, 0) is 17.8 Å². The van der Waals surface area contributed by atoms with Gasteiger partial charge in [0.1, 0.15) is 11.5 Å². The van der Waals surface area contributed by atoms with Crippen LogP contribution < -0.4 is 0 Å². The molecule has 0 saturated heterocycles. The van der Waals surface area contributed by atoms with E-state index in [0.717, 1.165) is 35.6 Å². The number of hydrogen-bond donors (Lipinski definition) is 0. The van der Waals surface area contributed by atoms with Crippen molar-refractivity contribution in [2.24, 2.45) is 0 Å². The number of aromatic nitrogens is 1. The summed E-state index contributed by atoms with van der Waals surface area (Å²) in [5.74, 6) is 1.66. The van der Waals surface area contributed by atoms with E-state index < -0.39 is 0 Å². The maximum atomic E-state index is 12.5. The Kier molecular flexibility index (Phi) is 3.34. The highest BCUT2D eigenvalue weighted by Crippen LogP contribution is 2.29. The Morgan fingerprint density at radius 2 is 2.25 bits per heavy atom. The molecule has 3 rings (SSSR count). The molecule has 0 atom stereocenters. The van der Waals surface area contributed by atoms with E-state index in [1.807, 2.05) is 30.9 Å². The van der Waals surface area contributed by atoms with Crippen LogP contribution in [-0.4, -0.2) is 22.0 Å². The zero-order chi connectivity index (χ0) is 14.1. The highest BCUT2D eigenvalue weighted by Gasteiger charge is 2.33. The Labute approximate surface area is 117 Å². The summed E-state index contributed by atoms with van der Waals surface area (Å²) in [6.07, 6.45) is 4.14. The minimum absolute atomic E-state index is 0.110. The number of amides is 1. The standard InChI is InChI=1S/C15H18N2O3/c1-10-14(11(2)20-16-10)8-15(18)17(12-5-6-12)9-13-4-3-7-19-13/h3-4,7,12H,5-6,8-9H2,1-2H3. The normalized spacial score (nSPS) is 14.5. The lowest BCUT2D eigenvalue weighted by atomic mass is 10.1. The van der Waals surface area contributed by atoms with E-state index in [0.29, 0.717) is 19.0 Å². The van der Waals surface area contributed by atoms with E-state index in [-0.39, 0.29) is 5.91 Å². The first kappa shape index (κ1) is 13.0. The molecule has 0 aromatic carbocycles. The number of rotatable bonds is 5. The van der Waals surface area contributed by atoms with Gasteiger partial charge < -0.3 is 13.8 Å². The molecule has 1 aliphatic rings. The molecule has 2 heterocycles. The van der Waals surface area contributed by atoms with Gasteiger partial charge in [-0.2, -0.15) is 0 Å². The van der Waals surface area contributed by atoms with Gasteiger partial charge in [-0.1, -0.05) is 5.16 Å². The van der Waals surface area contributed by atoms with Crippen molar-refractivity contribution in [2.45, 2.75) is 45.7 Å². The Hall–Kier alpha value is -2.04. The van der Waals surface area contributed by atoms with E-state index in [4.69, 9.17) is 8.94 Å². The third-order valence-electron chi connectivity index (χ3n) is 3.72. The first-order valence-corrected chi connectivity index (χ1v) is 6.88. The highest BCUT2D eigenvalue weighted by atomic mass is 16.5. The zero-order valence-electron chi connectivity index (χ0n) is 11.8. The molecule has 0 unspecified atom stereocenters. The van der Waals surface area contributed by atoms with Gasteiger partial charge in [-0.05, 0) is 38.8 Å². The van der Waals surface area contributed by atoms with Gasteiger partial charge in [0.25, 0.3) is 0 Å². The number of aryl methyl sites for hydroxylation is 2. The molecular formula is C15H18N2O3. The molecule has 0 radical (unpaired) electrons. The quantitative estimate of drug-likeness (QED) is 0.841. The van der Waals surface area contributed by atoms with Crippen LogP contribution in [0.4, 0.5) is 0 Å². The summed E-state index contributed by atoms with van der Waals surface area (Å²) in [7, 11) is 0. The fraction of sp³-hybridized carbons (Fsp3) is 0.467. The van der Waals surface area contributed by atoms with Crippen LogP contribution in [0, 0.1) is 13.8 Å². The van der Waals surface area contributed by atoms with Crippen LogP contribution in [0.5, 0.6) is 0 Å². The Bertz CT molecular complexity index is 577. The zero-order valence-corrected chi connectivity index (χ0v) is 11.8. The summed E-state index contributed by atoms with van der Waals surface area (Å²) in [6, 6.07) is 4.10. The largest absolute Gasteiger partial charge is 0.467 e. The molecule has 0 N–H and O–H groups in total. The average Bonchev–Trinajstić information content (AvgIpc) is 3.06. The van der Waals surface area contributed by atoms with Gasteiger partial charge in [-0.3, -0.25) is 4.79 Å². The first-order chi connectivity index (χ1) is 9.65. The summed E-state index contributed by atoms with van der Waals surface area (Å²) in [4.78, 5) is 14.4. The van der Waals surface area contributed by atoms with Gasteiger partial charge in [0.15, 0.2) is 0 Å². The van der Waals surface area contributed by atoms with Crippen LogP contribution in [0.3, 0.4) is 0 Å². The predicted octanol–water partition coefficient (Wildman–Crippen LogP) is 2.62. The molecule has 1 fully saturated rings. The lowest BCUT2D eigenvalue weighted by molar-refractivity contribution is -0.132. The Balaban J connectivity index is 1.73. The highest BCUT2D eigenvalue weighted by molar-refractivity contribution is 5.79. The van der Waals surface area contributed by atoms with Gasteiger partial charge in [0.2, 0.25) is 5.91 Å². The molecule has 0 spiro atoms. The van der Waals surface area contributed by atoms with Crippen molar-refractivity contribution in [1.29, 1.82) is 0 Å². The molecule has 5 nitrogen and oxygen atoms in total. The maximum absolute atomic E-state index is 12.5. The second kappa shape index (κ2) is 5.15. The van der Waals surface area contributed by atoms with E-state index in [9.17, 15) is 4.79 Å². The molecule has 2 aromatic rings. The number of carbonyl (C=O) groups is 1. The maximum Gasteiger partial charge on any atom is 0.227 e. The topological polar surface area (TPSA) is 59.5 Å². The van der Waals surface area contributed by atoms with Gasteiger partial charge in [-0.15, -0.1) is 0 Å². The molecule has 20 heavy (non-hydrogen) atoms. The second-order valence-electron chi connectivity index (χ2n) is 5.31. The van der Waals surface area contributed by atoms with E-state index in [2.05, 4.69) is 5.16 Å². The molecule has 0 aliphatic heterocycles. The third-order valence-corrected chi connectivity index (χ3v) is 3.72. The van der Waals surface area contributed by atoms with Crippen molar-refractivity contribution >= 4 is 5.91 Å². The van der Waals surface area contributed by atoms with Gasteiger partial charge in [-0.25, -0.2) is 0 Å². The first-order valence-electron chi connectivity index (χ1n) is 6.88. The van der Waals surface area contributed by atoms with E-state index in [1.165, 1.54) is 0 Å². The Morgan fingerprint density at radius 1 is 1.45 bits per heavy atom. The van der Waals surface area contributed by atoms with Gasteiger partial charge in [0.05, 0.1) is 24.9 Å². The molecule has 1 saturated carbocycles. The lowest BCUT2D eigenvalue weighted by Gasteiger charge is -2.21. The summed E-state index contributed by atoms with van der Waals surface area (Å²) in [5, 5.41) is 3.90. The second-order valence-corrected chi connectivity index (χ2v) is 5.31. The minimum atomic E-state index is 0.110. The third kappa shape index (κ3) is 2.61. The monoisotopic (exact) mass is 274 g/mol. The van der Waals surface area contributed by atoms with Crippen molar-refractivity contribution in [2.75, 3.05) is 0 Å². The molecule has 1 amide bonds. The van der Waals surface area contributed by atoms with Crippen molar-refractivity contribution in [3.63, 3.8) is 0 Å². The molecule has 0 bridgehead atoms. The van der Waals surface area contributed by atoms with Crippen LogP contribution >= 0.6 is 0 Å². The van der Waals surface area contributed by atoms with Gasteiger partial charge in [0, 0.05) is 11.6 Å².